The van der Waals surface area contributed by atoms with Crippen LogP contribution in [-0.4, -0.2) is 18.6 Å². The molecule has 0 aromatic heterocycles. The van der Waals surface area contributed by atoms with Crippen LogP contribution in [0.5, 0.6) is 5.75 Å². The van der Waals surface area contributed by atoms with E-state index in [0.29, 0.717) is 11.7 Å². The molecule has 1 N–H and O–H groups in total. The maximum absolute atomic E-state index is 11.6. The van der Waals surface area contributed by atoms with Gasteiger partial charge in [0.25, 0.3) is 5.91 Å². The van der Waals surface area contributed by atoms with Gasteiger partial charge in [0, 0.05) is 6.04 Å². The Kier molecular flexibility index (Phi) is 6.35. The average molecular weight is 328 g/mol. The molecule has 0 radical (unpaired) electrons. The first-order valence-corrected chi connectivity index (χ1v) is 7.45. The summed E-state index contributed by atoms with van der Waals surface area (Å²) in [6, 6.07) is 6.14. The van der Waals surface area contributed by atoms with Gasteiger partial charge in [-0.3, -0.25) is 4.79 Å². The van der Waals surface area contributed by atoms with Crippen molar-refractivity contribution in [3.63, 3.8) is 0 Å². The molecule has 0 aliphatic carbocycles. The SMILES string of the molecule is CCC(C)NC(=O)COc1ccc(C(C)C)cc1Br. The summed E-state index contributed by atoms with van der Waals surface area (Å²) in [6.07, 6.45) is 0.915. The molecule has 106 valence electrons. The molecule has 1 aromatic rings. The van der Waals surface area contributed by atoms with Crippen molar-refractivity contribution in [1.82, 2.24) is 5.32 Å². The summed E-state index contributed by atoms with van der Waals surface area (Å²) in [4.78, 5) is 11.6. The van der Waals surface area contributed by atoms with Crippen LogP contribution in [0, 0.1) is 0 Å². The first-order chi connectivity index (χ1) is 8.93. The first-order valence-electron chi connectivity index (χ1n) is 6.65. The molecule has 1 aromatic carbocycles. The topological polar surface area (TPSA) is 38.3 Å². The molecular formula is C15H22BrNO2. The number of hydrogen-bond donors (Lipinski definition) is 1. The Labute approximate surface area is 123 Å². The molecule has 0 fully saturated rings. The molecule has 0 heterocycles. The lowest BCUT2D eigenvalue weighted by Crippen LogP contribution is -2.35. The number of nitrogens with one attached hydrogen (secondary N) is 1. The van der Waals surface area contributed by atoms with E-state index in [2.05, 4.69) is 35.1 Å². The minimum absolute atomic E-state index is 0.0456. The molecule has 0 saturated carbocycles. The molecule has 19 heavy (non-hydrogen) atoms. The quantitative estimate of drug-likeness (QED) is 0.861. The van der Waals surface area contributed by atoms with Crippen LogP contribution in [0.25, 0.3) is 0 Å². The number of rotatable bonds is 6. The Bertz CT molecular complexity index is 432. The van der Waals surface area contributed by atoms with Crippen molar-refractivity contribution in [2.45, 2.75) is 46.1 Å². The molecule has 0 spiro atoms. The number of carbonyl (C=O) groups excluding carboxylic acids is 1. The monoisotopic (exact) mass is 327 g/mol. The van der Waals surface area contributed by atoms with Crippen LogP contribution in [0.4, 0.5) is 0 Å². The highest BCUT2D eigenvalue weighted by Crippen LogP contribution is 2.28. The predicted molar refractivity (Wildman–Crippen MR) is 81.6 cm³/mol. The van der Waals surface area contributed by atoms with Gasteiger partial charge in [-0.15, -0.1) is 0 Å². The molecular weight excluding hydrogens is 306 g/mol. The van der Waals surface area contributed by atoms with E-state index in [1.807, 2.05) is 32.0 Å². The Morgan fingerprint density at radius 1 is 1.37 bits per heavy atom. The Morgan fingerprint density at radius 2 is 2.05 bits per heavy atom. The fourth-order valence-corrected chi connectivity index (χ4v) is 2.07. The lowest BCUT2D eigenvalue weighted by atomic mass is 10.0. The summed E-state index contributed by atoms with van der Waals surface area (Å²) in [6.45, 7) is 8.34. The van der Waals surface area contributed by atoms with Crippen LogP contribution in [-0.2, 0) is 4.79 Å². The fourth-order valence-electron chi connectivity index (χ4n) is 1.56. The van der Waals surface area contributed by atoms with Crippen molar-refractivity contribution in [1.29, 1.82) is 0 Å². The number of ether oxygens (including phenoxy) is 1. The molecule has 0 bridgehead atoms. The van der Waals surface area contributed by atoms with Crippen molar-refractivity contribution in [3.05, 3.63) is 28.2 Å². The summed E-state index contributed by atoms with van der Waals surface area (Å²) in [5.41, 5.74) is 1.24. The molecule has 0 aliphatic heterocycles. The second-order valence-corrected chi connectivity index (χ2v) is 5.86. The smallest absolute Gasteiger partial charge is 0.258 e. The van der Waals surface area contributed by atoms with Gasteiger partial charge < -0.3 is 10.1 Å². The lowest BCUT2D eigenvalue weighted by Gasteiger charge is -2.13. The molecule has 4 heteroatoms. The van der Waals surface area contributed by atoms with E-state index in [9.17, 15) is 4.79 Å². The molecule has 1 rings (SSSR count). The van der Waals surface area contributed by atoms with Crippen molar-refractivity contribution < 1.29 is 9.53 Å². The van der Waals surface area contributed by atoms with E-state index in [1.54, 1.807) is 0 Å². The summed E-state index contributed by atoms with van der Waals surface area (Å²) in [7, 11) is 0. The molecule has 1 amide bonds. The highest BCUT2D eigenvalue weighted by atomic mass is 79.9. The third kappa shape index (κ3) is 5.23. The summed E-state index contributed by atoms with van der Waals surface area (Å²) >= 11 is 3.47. The zero-order valence-corrected chi connectivity index (χ0v) is 13.6. The van der Waals surface area contributed by atoms with E-state index < -0.39 is 0 Å². The van der Waals surface area contributed by atoms with Gasteiger partial charge in [-0.05, 0) is 52.9 Å². The second kappa shape index (κ2) is 7.53. The van der Waals surface area contributed by atoms with E-state index >= 15 is 0 Å². The maximum atomic E-state index is 11.6. The normalized spacial score (nSPS) is 12.3. The van der Waals surface area contributed by atoms with Crippen LogP contribution in [0.3, 0.4) is 0 Å². The van der Waals surface area contributed by atoms with E-state index in [4.69, 9.17) is 4.74 Å². The van der Waals surface area contributed by atoms with Crippen LogP contribution in [0.2, 0.25) is 0 Å². The van der Waals surface area contributed by atoms with Crippen molar-refractivity contribution in [2.75, 3.05) is 6.61 Å². The maximum Gasteiger partial charge on any atom is 0.258 e. The third-order valence-corrected chi connectivity index (χ3v) is 3.62. The number of hydrogen-bond acceptors (Lipinski definition) is 2. The van der Waals surface area contributed by atoms with Crippen molar-refractivity contribution >= 4 is 21.8 Å². The molecule has 0 aliphatic rings. The minimum Gasteiger partial charge on any atom is -0.483 e. The van der Waals surface area contributed by atoms with E-state index in [1.165, 1.54) is 5.56 Å². The van der Waals surface area contributed by atoms with Gasteiger partial charge in [-0.2, -0.15) is 0 Å². The standard InChI is InChI=1S/C15H22BrNO2/c1-5-11(4)17-15(18)9-19-14-7-6-12(10(2)3)8-13(14)16/h6-8,10-11H,5,9H2,1-4H3,(H,17,18). The number of amides is 1. The van der Waals surface area contributed by atoms with Crippen LogP contribution < -0.4 is 10.1 Å². The van der Waals surface area contributed by atoms with Gasteiger partial charge >= 0.3 is 0 Å². The van der Waals surface area contributed by atoms with Gasteiger partial charge in [0.2, 0.25) is 0 Å². The second-order valence-electron chi connectivity index (χ2n) is 5.01. The minimum atomic E-state index is -0.0887. The molecule has 0 saturated heterocycles. The highest BCUT2D eigenvalue weighted by molar-refractivity contribution is 9.10. The number of halogens is 1. The number of carbonyl (C=O) groups is 1. The molecule has 1 atom stereocenters. The Morgan fingerprint density at radius 3 is 2.58 bits per heavy atom. The summed E-state index contributed by atoms with van der Waals surface area (Å²) in [5, 5.41) is 2.87. The van der Waals surface area contributed by atoms with Gasteiger partial charge in [0.05, 0.1) is 4.47 Å². The molecule has 3 nitrogen and oxygen atoms in total. The lowest BCUT2D eigenvalue weighted by molar-refractivity contribution is -0.123. The van der Waals surface area contributed by atoms with Gasteiger partial charge in [0.15, 0.2) is 6.61 Å². The first kappa shape index (κ1) is 16.0. The van der Waals surface area contributed by atoms with Gasteiger partial charge in [-0.25, -0.2) is 0 Å². The van der Waals surface area contributed by atoms with Gasteiger partial charge in [0.1, 0.15) is 5.75 Å². The van der Waals surface area contributed by atoms with E-state index in [0.717, 1.165) is 10.9 Å². The zero-order valence-electron chi connectivity index (χ0n) is 12.0. The third-order valence-electron chi connectivity index (χ3n) is 3.00. The van der Waals surface area contributed by atoms with Crippen LogP contribution in [0.1, 0.15) is 45.6 Å². The molecule has 1 unspecified atom stereocenters. The predicted octanol–water partition coefficient (Wildman–Crippen LogP) is 3.87. The largest absolute Gasteiger partial charge is 0.483 e. The van der Waals surface area contributed by atoms with Crippen LogP contribution in [0.15, 0.2) is 22.7 Å². The number of benzene rings is 1. The summed E-state index contributed by atoms with van der Waals surface area (Å²) < 4.78 is 6.40. The Hall–Kier alpha value is -1.03. The highest BCUT2D eigenvalue weighted by Gasteiger charge is 2.09. The Balaban J connectivity index is 2.56. The summed E-state index contributed by atoms with van der Waals surface area (Å²) in [5.74, 6) is 1.08. The zero-order chi connectivity index (χ0) is 14.4. The van der Waals surface area contributed by atoms with Gasteiger partial charge in [-0.1, -0.05) is 26.8 Å². The average Bonchev–Trinajstić information content (AvgIpc) is 2.36. The van der Waals surface area contributed by atoms with E-state index in [-0.39, 0.29) is 18.6 Å². The van der Waals surface area contributed by atoms with Crippen LogP contribution >= 0.6 is 15.9 Å². The van der Waals surface area contributed by atoms with Crippen molar-refractivity contribution in [3.8, 4) is 5.75 Å². The van der Waals surface area contributed by atoms with Crippen molar-refractivity contribution in [2.24, 2.45) is 0 Å². The fraction of sp³-hybridized carbons (Fsp3) is 0.533.